The van der Waals surface area contributed by atoms with Gasteiger partial charge in [-0.1, -0.05) is 78.2 Å². The number of aromatic nitrogens is 1. The number of H-pyrrole nitrogens is 1. The zero-order valence-corrected chi connectivity index (χ0v) is 41.0. The molecular formula is C49H71F3N8O10. The Kier molecular flexibility index (Phi) is 21.9. The fourth-order valence-corrected chi connectivity index (χ4v) is 8.75. The van der Waals surface area contributed by atoms with E-state index in [9.17, 15) is 51.5 Å². The number of unbranched alkanes of at least 4 members (excludes halogenated alkanes) is 1. The zero-order valence-electron chi connectivity index (χ0n) is 41.0. The molecule has 70 heavy (non-hydrogen) atoms. The number of aromatic amines is 1. The fraction of sp³-hybridized carbons (Fsp3) is 0.633. The molecule has 1 aromatic heterocycles. The lowest BCUT2D eigenvalue weighted by Crippen LogP contribution is -2.58. The number of amides is 5. The molecule has 0 bridgehead atoms. The van der Waals surface area contributed by atoms with Crippen molar-refractivity contribution in [1.29, 1.82) is 0 Å². The Morgan fingerprint density at radius 3 is 2.26 bits per heavy atom. The van der Waals surface area contributed by atoms with Crippen molar-refractivity contribution in [3.8, 4) is 0 Å². The molecule has 2 aliphatic rings. The summed E-state index contributed by atoms with van der Waals surface area (Å²) in [4.78, 5) is 111. The number of nitrogens with zero attached hydrogens (tertiary/aromatic N) is 2. The maximum Gasteiger partial charge on any atom is 0.491 e. The molecule has 3 heterocycles. The number of rotatable bonds is 25. The van der Waals surface area contributed by atoms with Crippen LogP contribution in [-0.4, -0.2) is 131 Å². The number of ether oxygens (including phenoxy) is 2. The number of para-hydroxylation sites is 1. The van der Waals surface area contributed by atoms with Gasteiger partial charge < -0.3 is 46.4 Å². The lowest BCUT2D eigenvalue weighted by atomic mass is 9.96. The molecule has 2 aromatic rings. The number of hydrogen-bond donors (Lipinski definition) is 6. The molecule has 0 saturated carbocycles. The summed E-state index contributed by atoms with van der Waals surface area (Å²) in [6, 6.07) is 0.788. The number of nitrogens with one attached hydrogen (secondary N) is 5. The van der Waals surface area contributed by atoms with Crippen molar-refractivity contribution in [3.63, 3.8) is 0 Å². The van der Waals surface area contributed by atoms with Crippen LogP contribution in [0.2, 0.25) is 0 Å². The van der Waals surface area contributed by atoms with Crippen molar-refractivity contribution >= 4 is 58.3 Å². The van der Waals surface area contributed by atoms with Gasteiger partial charge >= 0.3 is 24.1 Å². The van der Waals surface area contributed by atoms with Crippen LogP contribution in [0, 0.1) is 11.8 Å². The molecule has 388 valence electrons. The Hall–Kier alpha value is -5.83. The SMILES string of the molecule is CCCC[C@H](NC(=O)[C@@H](N)CC/C=C/C(=O)OCN1CCC[C@H]1C(=O)N[C@@H](Cc1c[nH]c2ccccc12)C(=O)N1CCC[C@H]1C(=O)OC(=O)C(F)(F)F)C(=O)N[C@H](C(=O)N[C@@H](C)CC(C)C)C(C)CC. The van der Waals surface area contributed by atoms with Crippen LogP contribution in [-0.2, 0) is 54.3 Å². The third-order valence-corrected chi connectivity index (χ3v) is 12.7. The number of allylic oxidation sites excluding steroid dienone is 1. The van der Waals surface area contributed by atoms with E-state index in [2.05, 4.69) is 44.8 Å². The third-order valence-electron chi connectivity index (χ3n) is 12.7. The Morgan fingerprint density at radius 2 is 1.57 bits per heavy atom. The van der Waals surface area contributed by atoms with Gasteiger partial charge in [0.1, 0.15) is 30.9 Å². The summed E-state index contributed by atoms with van der Waals surface area (Å²) >= 11 is 0. The van der Waals surface area contributed by atoms with E-state index in [0.29, 0.717) is 50.1 Å². The van der Waals surface area contributed by atoms with E-state index in [-0.39, 0.29) is 63.2 Å². The van der Waals surface area contributed by atoms with Gasteiger partial charge in [-0.05, 0) is 81.8 Å². The van der Waals surface area contributed by atoms with Crippen LogP contribution >= 0.6 is 0 Å². The molecule has 1 unspecified atom stereocenters. The maximum atomic E-state index is 14.1. The Labute approximate surface area is 407 Å². The standard InChI is InChI=1S/C49H71F3N8O10/c1-7-9-18-36(43(63)58-41(30(5)8-2)45(65)55-31(6)25-29(3)4)56-42(62)34(53)17-11-13-22-40(61)69-28-59-23-14-20-38(59)44(64)57-37(26-32-27-54-35-19-12-10-16-33(32)35)46(66)60-24-15-21-39(60)47(67)70-48(68)49(50,51)52/h10,12-13,16,19,22,27,29-31,34,36-39,41,54H,7-9,11,14-15,17-18,20-21,23-26,28,53H2,1-6H3,(H,55,65)(H,56,62)(H,57,64)(H,58,63)/b22-13+/t30?,31-,34-,36-,37-,38-,39-,41-/m0/s1. The van der Waals surface area contributed by atoms with Gasteiger partial charge in [0.25, 0.3) is 0 Å². The molecule has 21 heteroatoms. The van der Waals surface area contributed by atoms with Crippen LogP contribution in [0.5, 0.6) is 0 Å². The minimum atomic E-state index is -5.42. The quantitative estimate of drug-likeness (QED) is 0.0466. The molecule has 1 aromatic carbocycles. The second-order valence-corrected chi connectivity index (χ2v) is 18.8. The van der Waals surface area contributed by atoms with Crippen LogP contribution < -0.4 is 27.0 Å². The number of esters is 3. The molecule has 2 saturated heterocycles. The number of benzene rings is 1. The van der Waals surface area contributed by atoms with E-state index in [0.717, 1.165) is 28.6 Å². The first-order valence-electron chi connectivity index (χ1n) is 24.4. The molecule has 4 rings (SSSR count). The first-order valence-corrected chi connectivity index (χ1v) is 24.4. The van der Waals surface area contributed by atoms with Gasteiger partial charge in [-0.2, -0.15) is 13.2 Å². The van der Waals surface area contributed by atoms with Gasteiger partial charge in [0.15, 0.2) is 0 Å². The Morgan fingerprint density at radius 1 is 0.871 bits per heavy atom. The van der Waals surface area contributed by atoms with E-state index < -0.39 is 84.0 Å². The predicted molar refractivity (Wildman–Crippen MR) is 253 cm³/mol. The minimum absolute atomic E-state index is 0.0325. The molecule has 0 aliphatic carbocycles. The van der Waals surface area contributed by atoms with Crippen molar-refractivity contribution in [2.75, 3.05) is 19.8 Å². The molecule has 18 nitrogen and oxygen atoms in total. The molecule has 8 atom stereocenters. The summed E-state index contributed by atoms with van der Waals surface area (Å²) in [5.41, 5.74) is 7.61. The highest BCUT2D eigenvalue weighted by atomic mass is 19.4. The number of nitrogens with two attached hydrogens (primary N) is 1. The number of alkyl halides is 3. The molecule has 7 N–H and O–H groups in total. The first kappa shape index (κ1) is 56.8. The van der Waals surface area contributed by atoms with Crippen LogP contribution in [0.25, 0.3) is 10.9 Å². The Bertz CT molecular complexity index is 2170. The summed E-state index contributed by atoms with van der Waals surface area (Å²) in [7, 11) is 0. The van der Waals surface area contributed by atoms with Crippen molar-refractivity contribution < 1.29 is 61.0 Å². The van der Waals surface area contributed by atoms with Crippen LogP contribution in [0.15, 0.2) is 42.6 Å². The van der Waals surface area contributed by atoms with Gasteiger partial charge in [-0.3, -0.25) is 28.9 Å². The van der Waals surface area contributed by atoms with Gasteiger partial charge in [0, 0.05) is 48.7 Å². The van der Waals surface area contributed by atoms with Crippen molar-refractivity contribution in [2.24, 2.45) is 17.6 Å². The second kappa shape index (κ2) is 27.0. The van der Waals surface area contributed by atoms with Gasteiger partial charge in [0.05, 0.1) is 12.1 Å². The largest absolute Gasteiger partial charge is 0.491 e. The lowest BCUT2D eigenvalue weighted by Gasteiger charge is -2.30. The number of carbonyl (C=O) groups excluding carboxylic acids is 8. The number of likely N-dealkylation sites (tertiary alicyclic amines) is 2. The molecule has 5 amide bonds. The molecule has 2 fully saturated rings. The predicted octanol–water partition coefficient (Wildman–Crippen LogP) is 4.20. The lowest BCUT2D eigenvalue weighted by molar-refractivity contribution is -0.203. The third kappa shape index (κ3) is 16.7. The van der Waals surface area contributed by atoms with Gasteiger partial charge in [-0.25, -0.2) is 14.4 Å². The average Bonchev–Trinajstić information content (AvgIpc) is 4.09. The fourth-order valence-electron chi connectivity index (χ4n) is 8.75. The minimum Gasteiger partial charge on any atom is -0.446 e. The van der Waals surface area contributed by atoms with E-state index in [1.54, 1.807) is 17.2 Å². The van der Waals surface area contributed by atoms with Crippen LogP contribution in [0.4, 0.5) is 13.2 Å². The van der Waals surface area contributed by atoms with E-state index >= 15 is 0 Å². The maximum absolute atomic E-state index is 14.1. The summed E-state index contributed by atoms with van der Waals surface area (Å²) in [5, 5.41) is 12.2. The summed E-state index contributed by atoms with van der Waals surface area (Å²) < 4.78 is 48.3. The van der Waals surface area contributed by atoms with E-state index in [1.165, 1.54) is 12.2 Å². The number of halogens is 3. The van der Waals surface area contributed by atoms with E-state index in [4.69, 9.17) is 10.5 Å². The molecule has 0 spiro atoms. The average molecular weight is 989 g/mol. The van der Waals surface area contributed by atoms with Crippen molar-refractivity contribution in [3.05, 3.63) is 48.2 Å². The highest BCUT2D eigenvalue weighted by Gasteiger charge is 2.46. The topological polar surface area (TPSA) is 251 Å². The van der Waals surface area contributed by atoms with Crippen molar-refractivity contribution in [2.45, 2.75) is 167 Å². The Balaban J connectivity index is 1.32. The normalized spacial score (nSPS) is 19.0. The monoisotopic (exact) mass is 989 g/mol. The molecule has 2 aliphatic heterocycles. The smallest absolute Gasteiger partial charge is 0.446 e. The van der Waals surface area contributed by atoms with Gasteiger partial charge in [-0.15, -0.1) is 0 Å². The summed E-state index contributed by atoms with van der Waals surface area (Å²) in [5.74, 6) is -7.40. The first-order chi connectivity index (χ1) is 33.1. The molecular weight excluding hydrogens is 918 g/mol. The van der Waals surface area contributed by atoms with Gasteiger partial charge in [0.2, 0.25) is 29.5 Å². The number of fused-ring (bicyclic) bond motifs is 1. The highest BCUT2D eigenvalue weighted by Crippen LogP contribution is 2.26. The van der Waals surface area contributed by atoms with Crippen LogP contribution in [0.1, 0.15) is 118 Å². The summed E-state index contributed by atoms with van der Waals surface area (Å²) in [6.07, 6.45) is 3.41. The number of hydrogen-bond acceptors (Lipinski definition) is 12. The number of carbonyl (C=O) groups is 8. The van der Waals surface area contributed by atoms with E-state index in [1.807, 2.05) is 45.9 Å². The summed E-state index contributed by atoms with van der Waals surface area (Å²) in [6.45, 7) is 11.9. The highest BCUT2D eigenvalue weighted by molar-refractivity contribution is 5.97. The second-order valence-electron chi connectivity index (χ2n) is 18.8. The van der Waals surface area contributed by atoms with Crippen LogP contribution in [0.3, 0.4) is 0 Å². The zero-order chi connectivity index (χ0) is 51.7. The van der Waals surface area contributed by atoms with Crippen molar-refractivity contribution in [1.82, 2.24) is 36.1 Å². The molecule has 0 radical (unpaired) electrons.